The highest BCUT2D eigenvalue weighted by Crippen LogP contribution is 2.46. The lowest BCUT2D eigenvalue weighted by Crippen LogP contribution is -2.33. The number of Topliss-reactive ketones (excluding diaryl/α,β-unsaturated/α-hetero) is 1. The molecule has 3 aliphatic rings. The summed E-state index contributed by atoms with van der Waals surface area (Å²) in [6, 6.07) is 18.0. The molecule has 0 bridgehead atoms. The van der Waals surface area contributed by atoms with Crippen molar-refractivity contribution < 1.29 is 14.3 Å². The van der Waals surface area contributed by atoms with E-state index in [0.29, 0.717) is 6.42 Å². The van der Waals surface area contributed by atoms with Crippen LogP contribution < -0.4 is 20.1 Å². The first-order chi connectivity index (χ1) is 14.8. The molecule has 3 heterocycles. The monoisotopic (exact) mass is 416 g/mol. The number of hydrogen-bond acceptors (Lipinski definition) is 6. The van der Waals surface area contributed by atoms with E-state index in [2.05, 4.69) is 28.2 Å². The van der Waals surface area contributed by atoms with Crippen molar-refractivity contribution in [3.8, 4) is 11.5 Å². The first-order valence-electron chi connectivity index (χ1n) is 10.1. The van der Waals surface area contributed by atoms with Crippen molar-refractivity contribution in [3.63, 3.8) is 0 Å². The number of carbonyl (C=O) groups excluding carboxylic acids is 1. The van der Waals surface area contributed by atoms with Gasteiger partial charge in [-0.15, -0.1) is 11.3 Å². The van der Waals surface area contributed by atoms with Gasteiger partial charge in [0.05, 0.1) is 23.3 Å². The molecule has 150 valence electrons. The molecule has 1 aromatic heterocycles. The third-order valence-electron chi connectivity index (χ3n) is 6.00. The van der Waals surface area contributed by atoms with Crippen LogP contribution in [-0.2, 0) is 4.79 Å². The molecule has 0 fully saturated rings. The lowest BCUT2D eigenvalue weighted by atomic mass is 9.78. The van der Waals surface area contributed by atoms with Gasteiger partial charge in [0.25, 0.3) is 0 Å². The molecule has 2 aliphatic heterocycles. The van der Waals surface area contributed by atoms with Gasteiger partial charge in [0, 0.05) is 22.9 Å². The molecule has 6 rings (SSSR count). The Morgan fingerprint density at radius 2 is 1.83 bits per heavy atom. The highest BCUT2D eigenvalue weighted by molar-refractivity contribution is 7.10. The van der Waals surface area contributed by atoms with Gasteiger partial charge in [0.2, 0.25) is 6.79 Å². The summed E-state index contributed by atoms with van der Waals surface area (Å²) in [6.07, 6.45) is 2.75. The van der Waals surface area contributed by atoms with Crippen molar-refractivity contribution in [1.82, 2.24) is 0 Å². The predicted molar refractivity (Wildman–Crippen MR) is 117 cm³/mol. The molecule has 3 aromatic rings. The maximum Gasteiger partial charge on any atom is 0.231 e. The Labute approximate surface area is 178 Å². The summed E-state index contributed by atoms with van der Waals surface area (Å²) in [5, 5.41) is 9.26. The Hall–Kier alpha value is -3.25. The van der Waals surface area contributed by atoms with Crippen LogP contribution in [-0.4, -0.2) is 12.6 Å². The van der Waals surface area contributed by atoms with Crippen LogP contribution in [0.25, 0.3) is 0 Å². The minimum absolute atomic E-state index is 0.110. The zero-order valence-corrected chi connectivity index (χ0v) is 16.9. The number of carbonyl (C=O) groups is 1. The zero-order chi connectivity index (χ0) is 20.1. The molecular formula is C24H20N2O3S. The van der Waals surface area contributed by atoms with Crippen molar-refractivity contribution in [2.75, 3.05) is 17.4 Å². The molecule has 6 heteroatoms. The molecule has 3 atom stereocenters. The quantitative estimate of drug-likeness (QED) is 0.593. The molecule has 2 N–H and O–H groups in total. The van der Waals surface area contributed by atoms with E-state index in [9.17, 15) is 4.79 Å². The van der Waals surface area contributed by atoms with E-state index in [1.54, 1.807) is 11.3 Å². The molecule has 0 radical (unpaired) electrons. The Balaban J connectivity index is 1.47. The van der Waals surface area contributed by atoms with Crippen LogP contribution >= 0.6 is 11.3 Å². The third-order valence-corrected chi connectivity index (χ3v) is 7.00. The smallest absolute Gasteiger partial charge is 0.231 e. The summed E-state index contributed by atoms with van der Waals surface area (Å²) in [6.45, 7) is 0.233. The van der Waals surface area contributed by atoms with E-state index in [4.69, 9.17) is 9.47 Å². The van der Waals surface area contributed by atoms with Crippen molar-refractivity contribution in [2.24, 2.45) is 5.92 Å². The van der Waals surface area contributed by atoms with Crippen molar-refractivity contribution in [1.29, 1.82) is 0 Å². The summed E-state index contributed by atoms with van der Waals surface area (Å²) in [4.78, 5) is 14.7. The zero-order valence-electron chi connectivity index (χ0n) is 16.1. The first-order valence-corrected chi connectivity index (χ1v) is 10.9. The fourth-order valence-electron chi connectivity index (χ4n) is 4.57. The van der Waals surface area contributed by atoms with Crippen molar-refractivity contribution >= 4 is 28.5 Å². The second-order valence-electron chi connectivity index (χ2n) is 7.80. The van der Waals surface area contributed by atoms with E-state index in [1.807, 2.05) is 48.5 Å². The summed E-state index contributed by atoms with van der Waals surface area (Å²) in [5.74, 6) is 1.52. The maximum atomic E-state index is 13.5. The van der Waals surface area contributed by atoms with Crippen LogP contribution in [0.2, 0.25) is 0 Å². The molecule has 2 aromatic carbocycles. The molecular weight excluding hydrogens is 396 g/mol. The highest BCUT2D eigenvalue weighted by atomic mass is 32.1. The Morgan fingerprint density at radius 1 is 0.967 bits per heavy atom. The van der Waals surface area contributed by atoms with Gasteiger partial charge in [-0.2, -0.15) is 0 Å². The van der Waals surface area contributed by atoms with Gasteiger partial charge in [-0.25, -0.2) is 0 Å². The topological polar surface area (TPSA) is 59.6 Å². The average Bonchev–Trinajstić information content (AvgIpc) is 3.42. The Bertz CT molecular complexity index is 1160. The van der Waals surface area contributed by atoms with Crippen LogP contribution in [0.3, 0.4) is 0 Å². The number of benzene rings is 2. The van der Waals surface area contributed by atoms with Crippen LogP contribution in [0.1, 0.15) is 28.8 Å². The minimum atomic E-state index is -0.297. The van der Waals surface area contributed by atoms with E-state index in [0.717, 1.165) is 34.1 Å². The van der Waals surface area contributed by atoms with E-state index < -0.39 is 0 Å². The number of fused-ring (bicyclic) bond motifs is 3. The predicted octanol–water partition coefficient (Wildman–Crippen LogP) is 5.31. The molecule has 30 heavy (non-hydrogen) atoms. The van der Waals surface area contributed by atoms with E-state index in [-0.39, 0.29) is 30.5 Å². The van der Waals surface area contributed by atoms with Crippen LogP contribution in [0.15, 0.2) is 71.8 Å². The first kappa shape index (κ1) is 17.6. The molecule has 0 amide bonds. The Morgan fingerprint density at radius 3 is 2.70 bits per heavy atom. The number of allylic oxidation sites excluding steroid dienone is 1. The Kier molecular flexibility index (Phi) is 4.06. The van der Waals surface area contributed by atoms with Gasteiger partial charge >= 0.3 is 0 Å². The number of ketones is 1. The number of rotatable bonds is 2. The highest BCUT2D eigenvalue weighted by Gasteiger charge is 2.40. The molecule has 1 aliphatic carbocycles. The largest absolute Gasteiger partial charge is 0.454 e. The molecule has 3 unspecified atom stereocenters. The second-order valence-corrected chi connectivity index (χ2v) is 8.78. The summed E-state index contributed by atoms with van der Waals surface area (Å²) >= 11 is 1.70. The van der Waals surface area contributed by atoms with Gasteiger partial charge < -0.3 is 20.1 Å². The van der Waals surface area contributed by atoms with Crippen molar-refractivity contribution in [3.05, 3.63) is 82.2 Å². The standard InChI is InChI=1S/C24H20N2O3S/c27-19-11-15(22-6-3-9-30-22)10-18-23(19)24(26-17-5-2-1-4-16(17)25-18)14-7-8-20-21(12-14)29-13-28-20/h1-10,12,15,23-26H,11,13H2. The van der Waals surface area contributed by atoms with E-state index >= 15 is 0 Å². The minimum Gasteiger partial charge on any atom is -0.454 e. The number of nitrogens with one attached hydrogen (secondary N) is 2. The fraction of sp³-hybridized carbons (Fsp3) is 0.208. The lowest BCUT2D eigenvalue weighted by Gasteiger charge is -2.32. The van der Waals surface area contributed by atoms with Crippen LogP contribution in [0, 0.1) is 5.92 Å². The summed E-state index contributed by atoms with van der Waals surface area (Å²) < 4.78 is 11.1. The lowest BCUT2D eigenvalue weighted by molar-refractivity contribution is -0.122. The van der Waals surface area contributed by atoms with Crippen LogP contribution in [0.4, 0.5) is 11.4 Å². The fourth-order valence-corrected chi connectivity index (χ4v) is 5.37. The normalized spacial score (nSPS) is 24.1. The second kappa shape index (κ2) is 6.92. The van der Waals surface area contributed by atoms with Gasteiger partial charge in [0.15, 0.2) is 11.5 Å². The van der Waals surface area contributed by atoms with E-state index in [1.165, 1.54) is 4.88 Å². The summed E-state index contributed by atoms with van der Waals surface area (Å²) in [5.41, 5.74) is 3.94. The summed E-state index contributed by atoms with van der Waals surface area (Å²) in [7, 11) is 0. The molecule has 0 saturated heterocycles. The van der Waals surface area contributed by atoms with Gasteiger partial charge in [-0.1, -0.05) is 30.3 Å². The van der Waals surface area contributed by atoms with Crippen LogP contribution in [0.5, 0.6) is 11.5 Å². The molecule has 0 spiro atoms. The number of para-hydroxylation sites is 2. The van der Waals surface area contributed by atoms with Gasteiger partial charge in [0.1, 0.15) is 5.78 Å². The van der Waals surface area contributed by atoms with Crippen molar-refractivity contribution in [2.45, 2.75) is 18.4 Å². The number of thiophene rings is 1. The maximum absolute atomic E-state index is 13.5. The van der Waals surface area contributed by atoms with Gasteiger partial charge in [-0.05, 0) is 41.3 Å². The SMILES string of the molecule is O=C1CC(c2cccs2)C=C2Nc3ccccc3NC(c3ccc4c(c3)OCO4)C12. The number of ether oxygens (including phenoxy) is 2. The number of hydrogen-bond donors (Lipinski definition) is 2. The molecule has 0 saturated carbocycles. The average molecular weight is 417 g/mol. The van der Waals surface area contributed by atoms with Gasteiger partial charge in [-0.3, -0.25) is 4.79 Å². The molecule has 5 nitrogen and oxygen atoms in total. The number of anilines is 2. The third kappa shape index (κ3) is 2.87.